The molecule has 3 nitrogen and oxygen atoms in total. The molecule has 0 spiro atoms. The summed E-state index contributed by atoms with van der Waals surface area (Å²) in [7, 11) is 0. The Labute approximate surface area is 119 Å². The van der Waals surface area contributed by atoms with Crippen LogP contribution in [0.15, 0.2) is 24.3 Å². The summed E-state index contributed by atoms with van der Waals surface area (Å²) in [4.78, 5) is 0. The van der Waals surface area contributed by atoms with Crippen LogP contribution in [0.3, 0.4) is 0 Å². The highest BCUT2D eigenvalue weighted by Crippen LogP contribution is 2.21. The summed E-state index contributed by atoms with van der Waals surface area (Å²) < 4.78 is 15.8. The third-order valence-corrected chi connectivity index (χ3v) is 3.56. The average Bonchev–Trinajstić information content (AvgIpc) is 2.83. The Morgan fingerprint density at radius 1 is 1.30 bits per heavy atom. The Bertz CT molecular complexity index is 589. The Morgan fingerprint density at radius 3 is 2.70 bits per heavy atom. The van der Waals surface area contributed by atoms with E-state index in [9.17, 15) is 4.39 Å². The fraction of sp³-hybridized carbons (Fsp3) is 0.438. The molecule has 2 aromatic rings. The molecule has 0 amide bonds. The lowest BCUT2D eigenvalue weighted by molar-refractivity contribution is 0.554. The first kappa shape index (κ1) is 14.7. The van der Waals surface area contributed by atoms with Gasteiger partial charge in [-0.1, -0.05) is 24.6 Å². The molecule has 0 saturated carbocycles. The molecule has 0 fully saturated rings. The SMILES string of the molecule is CCc1cc(CC(N)c2cc(C)ccc2F)n(CC)n1. The molecule has 2 N–H and O–H groups in total. The van der Waals surface area contributed by atoms with Crippen molar-refractivity contribution >= 4 is 0 Å². The molecule has 1 atom stereocenters. The Morgan fingerprint density at radius 2 is 2.05 bits per heavy atom. The van der Waals surface area contributed by atoms with Crippen molar-refractivity contribution in [2.45, 2.75) is 46.2 Å². The average molecular weight is 275 g/mol. The number of halogens is 1. The molecular weight excluding hydrogens is 253 g/mol. The summed E-state index contributed by atoms with van der Waals surface area (Å²) in [5, 5.41) is 4.50. The lowest BCUT2D eigenvalue weighted by atomic mass is 10.00. The van der Waals surface area contributed by atoms with E-state index in [0.29, 0.717) is 12.0 Å². The molecule has 0 bridgehead atoms. The van der Waals surface area contributed by atoms with E-state index < -0.39 is 0 Å². The van der Waals surface area contributed by atoms with Gasteiger partial charge >= 0.3 is 0 Å². The third kappa shape index (κ3) is 3.07. The molecule has 4 heteroatoms. The fourth-order valence-corrected chi connectivity index (χ4v) is 2.41. The Kier molecular flexibility index (Phi) is 4.55. The van der Waals surface area contributed by atoms with Crippen molar-refractivity contribution in [2.75, 3.05) is 0 Å². The second-order valence-electron chi connectivity index (χ2n) is 5.13. The van der Waals surface area contributed by atoms with Gasteiger partial charge in [-0.3, -0.25) is 4.68 Å². The summed E-state index contributed by atoms with van der Waals surface area (Å²) in [6.45, 7) is 6.88. The molecule has 1 unspecified atom stereocenters. The van der Waals surface area contributed by atoms with Crippen molar-refractivity contribution in [3.8, 4) is 0 Å². The number of nitrogens with two attached hydrogens (primary N) is 1. The van der Waals surface area contributed by atoms with Crippen molar-refractivity contribution in [3.05, 3.63) is 52.6 Å². The first-order valence-corrected chi connectivity index (χ1v) is 7.12. The number of hydrogen-bond donors (Lipinski definition) is 1. The molecule has 0 aliphatic heterocycles. The van der Waals surface area contributed by atoms with Crippen molar-refractivity contribution < 1.29 is 4.39 Å². The van der Waals surface area contributed by atoms with Crippen LogP contribution in [-0.2, 0) is 19.4 Å². The van der Waals surface area contributed by atoms with Crippen LogP contribution in [-0.4, -0.2) is 9.78 Å². The molecule has 108 valence electrons. The van der Waals surface area contributed by atoms with Gasteiger partial charge in [0.2, 0.25) is 0 Å². The highest BCUT2D eigenvalue weighted by Gasteiger charge is 2.15. The summed E-state index contributed by atoms with van der Waals surface area (Å²) in [5.41, 5.74) is 9.91. The number of aromatic nitrogens is 2. The smallest absolute Gasteiger partial charge is 0.128 e. The molecule has 2 rings (SSSR count). The first-order valence-electron chi connectivity index (χ1n) is 7.12. The van der Waals surface area contributed by atoms with Crippen molar-refractivity contribution in [1.29, 1.82) is 0 Å². The van der Waals surface area contributed by atoms with Crippen molar-refractivity contribution in [3.63, 3.8) is 0 Å². The highest BCUT2D eigenvalue weighted by atomic mass is 19.1. The van der Waals surface area contributed by atoms with Gasteiger partial charge in [-0.2, -0.15) is 5.10 Å². The van der Waals surface area contributed by atoms with Gasteiger partial charge in [-0.05, 0) is 32.4 Å². The minimum Gasteiger partial charge on any atom is -0.324 e. The molecule has 1 heterocycles. The second kappa shape index (κ2) is 6.18. The van der Waals surface area contributed by atoms with Gasteiger partial charge in [-0.25, -0.2) is 4.39 Å². The summed E-state index contributed by atoms with van der Waals surface area (Å²) >= 11 is 0. The summed E-state index contributed by atoms with van der Waals surface area (Å²) in [5.74, 6) is -0.235. The van der Waals surface area contributed by atoms with Crippen LogP contribution in [0.2, 0.25) is 0 Å². The second-order valence-corrected chi connectivity index (χ2v) is 5.13. The van der Waals surface area contributed by atoms with Gasteiger partial charge in [0, 0.05) is 30.3 Å². The van der Waals surface area contributed by atoms with E-state index in [4.69, 9.17) is 5.73 Å². The van der Waals surface area contributed by atoms with Gasteiger partial charge in [-0.15, -0.1) is 0 Å². The van der Waals surface area contributed by atoms with Crippen LogP contribution >= 0.6 is 0 Å². The van der Waals surface area contributed by atoms with Crippen LogP contribution in [0, 0.1) is 12.7 Å². The van der Waals surface area contributed by atoms with Gasteiger partial charge in [0.25, 0.3) is 0 Å². The van der Waals surface area contributed by atoms with E-state index in [1.54, 1.807) is 6.07 Å². The van der Waals surface area contributed by atoms with E-state index >= 15 is 0 Å². The number of aryl methyl sites for hydroxylation is 3. The number of rotatable bonds is 5. The largest absolute Gasteiger partial charge is 0.324 e. The van der Waals surface area contributed by atoms with Crippen molar-refractivity contribution in [2.24, 2.45) is 5.73 Å². The van der Waals surface area contributed by atoms with Gasteiger partial charge in [0.1, 0.15) is 5.82 Å². The van der Waals surface area contributed by atoms with E-state index in [2.05, 4.69) is 25.0 Å². The van der Waals surface area contributed by atoms with Gasteiger partial charge < -0.3 is 5.73 Å². The number of hydrogen-bond acceptors (Lipinski definition) is 2. The maximum atomic E-state index is 13.9. The standard InChI is InChI=1S/C16H22FN3/c1-4-12-9-13(20(5-2)19-12)10-16(18)14-8-11(3)6-7-15(14)17/h6-9,16H,4-5,10,18H2,1-3H3. The maximum Gasteiger partial charge on any atom is 0.128 e. The molecule has 0 radical (unpaired) electrons. The molecule has 0 saturated heterocycles. The first-order chi connectivity index (χ1) is 9.55. The van der Waals surface area contributed by atoms with E-state index in [1.165, 1.54) is 6.07 Å². The lowest BCUT2D eigenvalue weighted by Crippen LogP contribution is -2.17. The molecular formula is C16H22FN3. The highest BCUT2D eigenvalue weighted by molar-refractivity contribution is 5.28. The van der Waals surface area contributed by atoms with E-state index in [0.717, 1.165) is 29.9 Å². The monoisotopic (exact) mass is 275 g/mol. The van der Waals surface area contributed by atoms with Crippen molar-refractivity contribution in [1.82, 2.24) is 9.78 Å². The zero-order chi connectivity index (χ0) is 14.7. The Hall–Kier alpha value is -1.68. The number of nitrogens with zero attached hydrogens (tertiary/aromatic N) is 2. The molecule has 1 aromatic carbocycles. The summed E-state index contributed by atoms with van der Waals surface area (Å²) in [6.07, 6.45) is 1.50. The summed E-state index contributed by atoms with van der Waals surface area (Å²) in [6, 6.07) is 6.79. The lowest BCUT2D eigenvalue weighted by Gasteiger charge is -2.14. The molecule has 0 aliphatic carbocycles. The minimum atomic E-state index is -0.346. The maximum absolute atomic E-state index is 13.9. The van der Waals surface area contributed by atoms with E-state index in [1.807, 2.05) is 17.7 Å². The third-order valence-electron chi connectivity index (χ3n) is 3.56. The minimum absolute atomic E-state index is 0.235. The predicted octanol–water partition coefficient (Wildman–Crippen LogP) is 3.16. The van der Waals surface area contributed by atoms with Gasteiger partial charge in [0.05, 0.1) is 5.69 Å². The van der Waals surface area contributed by atoms with Crippen LogP contribution in [0.1, 0.15) is 42.4 Å². The molecule has 1 aromatic heterocycles. The zero-order valence-electron chi connectivity index (χ0n) is 12.4. The molecule has 0 aliphatic rings. The topological polar surface area (TPSA) is 43.8 Å². The quantitative estimate of drug-likeness (QED) is 0.911. The fourth-order valence-electron chi connectivity index (χ4n) is 2.41. The zero-order valence-corrected chi connectivity index (χ0v) is 12.4. The van der Waals surface area contributed by atoms with Gasteiger partial charge in [0.15, 0.2) is 0 Å². The van der Waals surface area contributed by atoms with E-state index in [-0.39, 0.29) is 11.9 Å². The van der Waals surface area contributed by atoms with Crippen LogP contribution < -0.4 is 5.73 Å². The van der Waals surface area contributed by atoms with Crippen LogP contribution in [0.4, 0.5) is 4.39 Å². The number of benzene rings is 1. The van der Waals surface area contributed by atoms with Crippen LogP contribution in [0.25, 0.3) is 0 Å². The normalized spacial score (nSPS) is 12.7. The predicted molar refractivity (Wildman–Crippen MR) is 79.0 cm³/mol. The van der Waals surface area contributed by atoms with Crippen LogP contribution in [0.5, 0.6) is 0 Å². The Balaban J connectivity index is 2.24. The molecule has 20 heavy (non-hydrogen) atoms.